The number of hydrogen-bond donors (Lipinski definition) is 1. The Bertz CT molecular complexity index is 992. The Hall–Kier alpha value is -1.79. The van der Waals surface area contributed by atoms with Crippen molar-refractivity contribution in [1.29, 1.82) is 0 Å². The molecule has 4 nitrogen and oxygen atoms in total. The van der Waals surface area contributed by atoms with Crippen molar-refractivity contribution in [3.63, 3.8) is 0 Å². The van der Waals surface area contributed by atoms with Crippen LogP contribution in [0.15, 0.2) is 34.2 Å². The highest BCUT2D eigenvalue weighted by atomic mass is 32.2. The Morgan fingerprint density at radius 3 is 2.96 bits per heavy atom. The van der Waals surface area contributed by atoms with Crippen molar-refractivity contribution in [2.45, 2.75) is 44.7 Å². The molecule has 1 aliphatic carbocycles. The monoisotopic (exact) mass is 400 g/mol. The van der Waals surface area contributed by atoms with Gasteiger partial charge < -0.3 is 9.72 Å². The molecule has 0 aliphatic heterocycles. The van der Waals surface area contributed by atoms with Crippen LogP contribution in [-0.2, 0) is 12.8 Å². The van der Waals surface area contributed by atoms with Gasteiger partial charge in [-0.3, -0.25) is 4.79 Å². The molecule has 2 aromatic heterocycles. The Labute approximate surface area is 167 Å². The highest BCUT2D eigenvalue weighted by Gasteiger charge is 2.23. The van der Waals surface area contributed by atoms with E-state index in [1.54, 1.807) is 23.1 Å². The summed E-state index contributed by atoms with van der Waals surface area (Å²) in [5.74, 6) is 2.46. The van der Waals surface area contributed by atoms with Crippen molar-refractivity contribution in [2.24, 2.45) is 5.92 Å². The van der Waals surface area contributed by atoms with E-state index < -0.39 is 0 Å². The van der Waals surface area contributed by atoms with E-state index in [9.17, 15) is 4.79 Å². The largest absolute Gasteiger partial charge is 0.494 e. The third-order valence-corrected chi connectivity index (χ3v) is 7.07. The summed E-state index contributed by atoms with van der Waals surface area (Å²) in [6.07, 6.45) is 4.15. The van der Waals surface area contributed by atoms with Gasteiger partial charge in [0.2, 0.25) is 0 Å². The predicted octanol–water partition coefficient (Wildman–Crippen LogP) is 4.98. The molecule has 1 atom stereocenters. The van der Waals surface area contributed by atoms with Crippen LogP contribution in [0.2, 0.25) is 0 Å². The first-order valence-corrected chi connectivity index (χ1v) is 11.3. The smallest absolute Gasteiger partial charge is 0.260 e. The first kappa shape index (κ1) is 18.6. The summed E-state index contributed by atoms with van der Waals surface area (Å²) >= 11 is 3.30. The second kappa shape index (κ2) is 8.07. The molecule has 1 unspecified atom stereocenters. The van der Waals surface area contributed by atoms with Crippen molar-refractivity contribution in [2.75, 3.05) is 12.4 Å². The molecule has 27 heavy (non-hydrogen) atoms. The molecule has 6 heteroatoms. The molecule has 1 N–H and O–H groups in total. The molecule has 142 valence electrons. The molecule has 0 radical (unpaired) electrons. The van der Waals surface area contributed by atoms with E-state index in [1.807, 2.05) is 12.1 Å². The van der Waals surface area contributed by atoms with Gasteiger partial charge in [0.05, 0.1) is 12.0 Å². The van der Waals surface area contributed by atoms with Crippen LogP contribution in [-0.4, -0.2) is 22.3 Å². The highest BCUT2D eigenvalue weighted by Crippen LogP contribution is 2.36. The van der Waals surface area contributed by atoms with E-state index in [0.717, 1.165) is 52.6 Å². The fourth-order valence-electron chi connectivity index (χ4n) is 3.45. The normalized spacial score (nSPS) is 16.4. The topological polar surface area (TPSA) is 55.0 Å². The first-order valence-electron chi connectivity index (χ1n) is 9.47. The molecule has 1 aromatic carbocycles. The van der Waals surface area contributed by atoms with Crippen LogP contribution in [0.3, 0.4) is 0 Å². The van der Waals surface area contributed by atoms with Gasteiger partial charge in [0.15, 0.2) is 5.16 Å². The number of aryl methyl sites for hydroxylation is 2. The maximum absolute atomic E-state index is 12.6. The average molecular weight is 401 g/mol. The molecule has 0 saturated carbocycles. The minimum atomic E-state index is 0.0189. The lowest BCUT2D eigenvalue weighted by atomic mass is 9.89. The molecule has 0 spiro atoms. The molecule has 0 bridgehead atoms. The number of H-pyrrole nitrogens is 1. The molecule has 1 aliphatic rings. The van der Waals surface area contributed by atoms with Gasteiger partial charge >= 0.3 is 0 Å². The van der Waals surface area contributed by atoms with E-state index in [-0.39, 0.29) is 5.56 Å². The van der Waals surface area contributed by atoms with Crippen molar-refractivity contribution < 1.29 is 4.74 Å². The van der Waals surface area contributed by atoms with Gasteiger partial charge in [0, 0.05) is 10.6 Å². The summed E-state index contributed by atoms with van der Waals surface area (Å²) in [5, 5.41) is 1.54. The highest BCUT2D eigenvalue weighted by molar-refractivity contribution is 7.99. The summed E-state index contributed by atoms with van der Waals surface area (Å²) in [6.45, 7) is 5.01. The van der Waals surface area contributed by atoms with Crippen molar-refractivity contribution in [3.8, 4) is 5.75 Å². The van der Waals surface area contributed by atoms with Gasteiger partial charge in [0.25, 0.3) is 5.56 Å². The quantitative estimate of drug-likeness (QED) is 0.360. The van der Waals surface area contributed by atoms with Gasteiger partial charge in [-0.15, -0.1) is 11.3 Å². The third-order valence-electron chi connectivity index (χ3n) is 4.96. The zero-order valence-electron chi connectivity index (χ0n) is 15.7. The summed E-state index contributed by atoms with van der Waals surface area (Å²) in [6, 6.07) is 8.09. The molecular formula is C21H24N2O2S2. The minimum absolute atomic E-state index is 0.0189. The summed E-state index contributed by atoms with van der Waals surface area (Å²) < 4.78 is 5.75. The van der Waals surface area contributed by atoms with Crippen molar-refractivity contribution in [3.05, 3.63) is 50.6 Å². The van der Waals surface area contributed by atoms with E-state index >= 15 is 0 Å². The van der Waals surface area contributed by atoms with Gasteiger partial charge in [-0.2, -0.15) is 0 Å². The zero-order chi connectivity index (χ0) is 18.8. The zero-order valence-corrected chi connectivity index (χ0v) is 17.3. The number of ether oxygens (including phenoxy) is 1. The molecular weight excluding hydrogens is 376 g/mol. The van der Waals surface area contributed by atoms with Gasteiger partial charge in [0.1, 0.15) is 10.6 Å². The van der Waals surface area contributed by atoms with E-state index in [2.05, 4.69) is 31.0 Å². The standard InChI is InChI=1S/C21H24N2O2S2/c1-13-4-7-15(8-5-13)25-10-3-11-26-21-22-19(24)18-16-9-6-14(2)12-17(16)27-20(18)23-21/h4-5,7-8,14H,3,6,9-12H2,1-2H3,(H,22,23,24). The van der Waals surface area contributed by atoms with E-state index in [0.29, 0.717) is 12.5 Å². The molecule has 2 heterocycles. The predicted molar refractivity (Wildman–Crippen MR) is 113 cm³/mol. The number of aromatic nitrogens is 2. The molecule has 4 rings (SSSR count). The maximum Gasteiger partial charge on any atom is 0.260 e. The Morgan fingerprint density at radius 1 is 1.33 bits per heavy atom. The third kappa shape index (κ3) is 4.22. The van der Waals surface area contributed by atoms with E-state index in [1.165, 1.54) is 16.0 Å². The lowest BCUT2D eigenvalue weighted by molar-refractivity contribution is 0.318. The van der Waals surface area contributed by atoms with Crippen LogP contribution >= 0.6 is 23.1 Å². The summed E-state index contributed by atoms with van der Waals surface area (Å²) in [4.78, 5) is 22.5. The molecule has 0 saturated heterocycles. The number of rotatable bonds is 6. The van der Waals surface area contributed by atoms with Gasteiger partial charge in [-0.25, -0.2) is 4.98 Å². The lowest BCUT2D eigenvalue weighted by Gasteiger charge is -2.17. The average Bonchev–Trinajstić information content (AvgIpc) is 3.00. The number of benzene rings is 1. The second-order valence-corrected chi connectivity index (χ2v) is 9.43. The summed E-state index contributed by atoms with van der Waals surface area (Å²) in [7, 11) is 0. The fourth-order valence-corrected chi connectivity index (χ4v) is 5.67. The number of aromatic amines is 1. The van der Waals surface area contributed by atoms with Crippen molar-refractivity contribution >= 4 is 33.3 Å². The number of thiophene rings is 1. The van der Waals surface area contributed by atoms with Crippen LogP contribution < -0.4 is 10.3 Å². The number of nitrogens with zero attached hydrogens (tertiary/aromatic N) is 1. The second-order valence-electron chi connectivity index (χ2n) is 7.27. The maximum atomic E-state index is 12.6. The fraction of sp³-hybridized carbons (Fsp3) is 0.429. The van der Waals surface area contributed by atoms with Crippen LogP contribution in [0, 0.1) is 12.8 Å². The minimum Gasteiger partial charge on any atom is -0.494 e. The Kier molecular flexibility index (Phi) is 5.55. The Balaban J connectivity index is 1.36. The number of nitrogens with one attached hydrogen (secondary N) is 1. The molecule has 3 aromatic rings. The summed E-state index contributed by atoms with van der Waals surface area (Å²) in [5.41, 5.74) is 2.49. The van der Waals surface area contributed by atoms with E-state index in [4.69, 9.17) is 9.72 Å². The number of thioether (sulfide) groups is 1. The Morgan fingerprint density at radius 2 is 2.15 bits per heavy atom. The van der Waals surface area contributed by atoms with Crippen LogP contribution in [0.4, 0.5) is 0 Å². The number of fused-ring (bicyclic) bond motifs is 3. The molecule has 0 amide bonds. The SMILES string of the molecule is Cc1ccc(OCCCSc2nc3sc4c(c3c(=O)[nH]2)CCC(C)C4)cc1. The first-order chi connectivity index (χ1) is 13.1. The van der Waals surface area contributed by atoms with Gasteiger partial charge in [-0.1, -0.05) is 36.4 Å². The van der Waals surface area contributed by atoms with Crippen LogP contribution in [0.25, 0.3) is 10.2 Å². The number of hydrogen-bond acceptors (Lipinski definition) is 5. The van der Waals surface area contributed by atoms with Crippen LogP contribution in [0.1, 0.15) is 35.8 Å². The van der Waals surface area contributed by atoms with Crippen molar-refractivity contribution in [1.82, 2.24) is 9.97 Å². The van der Waals surface area contributed by atoms with Gasteiger partial charge in [-0.05, 0) is 56.2 Å². The van der Waals surface area contributed by atoms with Crippen LogP contribution in [0.5, 0.6) is 5.75 Å². The lowest BCUT2D eigenvalue weighted by Crippen LogP contribution is -2.13. The molecule has 0 fully saturated rings.